The Hall–Kier alpha value is -1.18. The maximum absolute atomic E-state index is 5.14. The number of thiocarbonyl (C=S) groups is 1. The third kappa shape index (κ3) is 7.21. The SMILES string of the molecule is CN(C)CCNC(=S)NCCNCc1ccon1. The van der Waals surface area contributed by atoms with Gasteiger partial charge in [-0.15, -0.1) is 0 Å². The number of nitrogens with one attached hydrogen (secondary N) is 3. The van der Waals surface area contributed by atoms with Gasteiger partial charge in [0.15, 0.2) is 5.11 Å². The van der Waals surface area contributed by atoms with Crippen molar-refractivity contribution < 1.29 is 4.52 Å². The third-order valence-corrected chi connectivity index (χ3v) is 2.52. The van der Waals surface area contributed by atoms with Crippen LogP contribution in [0.2, 0.25) is 0 Å². The number of hydrogen-bond acceptors (Lipinski definition) is 5. The lowest BCUT2D eigenvalue weighted by molar-refractivity contribution is 0.408. The molecule has 0 atom stereocenters. The van der Waals surface area contributed by atoms with Crippen molar-refractivity contribution in [2.75, 3.05) is 40.3 Å². The van der Waals surface area contributed by atoms with Crippen molar-refractivity contribution in [2.24, 2.45) is 0 Å². The predicted octanol–water partition coefficient (Wildman–Crippen LogP) is -0.210. The van der Waals surface area contributed by atoms with Gasteiger partial charge in [-0.25, -0.2) is 0 Å². The van der Waals surface area contributed by atoms with Crippen LogP contribution < -0.4 is 16.0 Å². The maximum atomic E-state index is 5.14. The molecule has 1 aromatic rings. The summed E-state index contributed by atoms with van der Waals surface area (Å²) in [7, 11) is 4.07. The molecule has 0 aliphatic heterocycles. The van der Waals surface area contributed by atoms with Crippen LogP contribution in [0.1, 0.15) is 5.69 Å². The molecule has 18 heavy (non-hydrogen) atoms. The molecule has 6 nitrogen and oxygen atoms in total. The molecule has 1 rings (SSSR count). The van der Waals surface area contributed by atoms with Crippen molar-refractivity contribution in [1.82, 2.24) is 26.0 Å². The van der Waals surface area contributed by atoms with Crippen molar-refractivity contribution in [3.63, 3.8) is 0 Å². The lowest BCUT2D eigenvalue weighted by Gasteiger charge is -2.13. The Morgan fingerprint density at radius 2 is 2.11 bits per heavy atom. The van der Waals surface area contributed by atoms with Gasteiger partial charge in [0.25, 0.3) is 0 Å². The van der Waals surface area contributed by atoms with E-state index in [1.807, 2.05) is 20.2 Å². The van der Waals surface area contributed by atoms with Gasteiger partial charge in [-0.05, 0) is 26.3 Å². The van der Waals surface area contributed by atoms with Gasteiger partial charge in [-0.1, -0.05) is 5.16 Å². The van der Waals surface area contributed by atoms with Crippen molar-refractivity contribution >= 4 is 17.3 Å². The number of hydrogen-bond donors (Lipinski definition) is 3. The first kappa shape index (κ1) is 14.9. The van der Waals surface area contributed by atoms with Crippen molar-refractivity contribution in [3.8, 4) is 0 Å². The first-order valence-electron chi connectivity index (χ1n) is 5.95. The zero-order chi connectivity index (χ0) is 13.2. The van der Waals surface area contributed by atoms with Gasteiger partial charge in [-0.2, -0.15) is 0 Å². The molecule has 7 heteroatoms. The number of likely N-dealkylation sites (N-methyl/N-ethyl adjacent to an activating group) is 1. The highest BCUT2D eigenvalue weighted by Gasteiger charge is 1.97. The molecule has 0 aliphatic carbocycles. The Labute approximate surface area is 113 Å². The van der Waals surface area contributed by atoms with E-state index in [9.17, 15) is 0 Å². The van der Waals surface area contributed by atoms with E-state index in [0.717, 1.165) is 31.9 Å². The minimum absolute atomic E-state index is 0.695. The van der Waals surface area contributed by atoms with Gasteiger partial charge in [0.2, 0.25) is 0 Å². The number of rotatable bonds is 8. The molecule has 0 saturated carbocycles. The predicted molar refractivity (Wildman–Crippen MR) is 75.4 cm³/mol. The van der Waals surface area contributed by atoms with Gasteiger partial charge in [0, 0.05) is 38.8 Å². The van der Waals surface area contributed by atoms with Crippen LogP contribution in [-0.2, 0) is 6.54 Å². The fraction of sp³-hybridized carbons (Fsp3) is 0.636. The highest BCUT2D eigenvalue weighted by molar-refractivity contribution is 7.80. The summed E-state index contributed by atoms with van der Waals surface area (Å²) in [5.74, 6) is 0. The van der Waals surface area contributed by atoms with Crippen LogP contribution in [0, 0.1) is 0 Å². The third-order valence-electron chi connectivity index (χ3n) is 2.23. The average Bonchev–Trinajstić information content (AvgIpc) is 2.81. The van der Waals surface area contributed by atoms with E-state index >= 15 is 0 Å². The van der Waals surface area contributed by atoms with Gasteiger partial charge >= 0.3 is 0 Å². The molecule has 0 unspecified atom stereocenters. The Bertz CT molecular complexity index is 328. The topological polar surface area (TPSA) is 65.4 Å². The summed E-state index contributed by atoms with van der Waals surface area (Å²) in [5, 5.41) is 14.0. The standard InChI is InChI=1S/C11H21N5OS/c1-16(2)7-6-14-11(18)13-5-4-12-9-10-3-8-17-15-10/h3,8,12H,4-7,9H2,1-2H3,(H2,13,14,18). The molecule has 3 N–H and O–H groups in total. The molecule has 1 aromatic heterocycles. The molecular weight excluding hydrogens is 250 g/mol. The second kappa shape index (κ2) is 8.84. The Kier molecular flexibility index (Phi) is 7.31. The van der Waals surface area contributed by atoms with Crippen molar-refractivity contribution in [2.45, 2.75) is 6.54 Å². The molecular formula is C11H21N5OS. The lowest BCUT2D eigenvalue weighted by atomic mass is 10.4. The van der Waals surface area contributed by atoms with Gasteiger partial charge in [0.1, 0.15) is 6.26 Å². The fourth-order valence-electron chi connectivity index (χ4n) is 1.27. The normalized spacial score (nSPS) is 10.6. The number of aromatic nitrogens is 1. The van der Waals surface area contributed by atoms with E-state index in [4.69, 9.17) is 16.7 Å². The van der Waals surface area contributed by atoms with Crippen LogP contribution in [-0.4, -0.2) is 55.4 Å². The summed E-state index contributed by atoms with van der Waals surface area (Å²) < 4.78 is 4.73. The minimum atomic E-state index is 0.695. The summed E-state index contributed by atoms with van der Waals surface area (Å²) in [6.45, 7) is 4.13. The Morgan fingerprint density at radius 3 is 2.78 bits per heavy atom. The summed E-state index contributed by atoms with van der Waals surface area (Å²) in [6.07, 6.45) is 1.57. The van der Waals surface area contributed by atoms with Crippen molar-refractivity contribution in [1.29, 1.82) is 0 Å². The molecule has 102 valence electrons. The maximum Gasteiger partial charge on any atom is 0.166 e. The van der Waals surface area contributed by atoms with Crippen molar-refractivity contribution in [3.05, 3.63) is 18.0 Å². The minimum Gasteiger partial charge on any atom is -0.364 e. The van der Waals surface area contributed by atoms with Crippen LogP contribution in [0.4, 0.5) is 0 Å². The highest BCUT2D eigenvalue weighted by Crippen LogP contribution is 1.91. The fourth-order valence-corrected chi connectivity index (χ4v) is 1.47. The Balaban J connectivity index is 1.92. The molecule has 0 fully saturated rings. The number of nitrogens with zero attached hydrogens (tertiary/aromatic N) is 2. The van der Waals surface area contributed by atoms with Crippen LogP contribution in [0.5, 0.6) is 0 Å². The first-order chi connectivity index (χ1) is 8.68. The zero-order valence-corrected chi connectivity index (χ0v) is 11.7. The summed E-state index contributed by atoms with van der Waals surface area (Å²) >= 11 is 5.14. The van der Waals surface area contributed by atoms with Crippen LogP contribution in [0.15, 0.2) is 16.9 Å². The molecule has 0 bridgehead atoms. The molecule has 0 amide bonds. The lowest BCUT2D eigenvalue weighted by Crippen LogP contribution is -2.41. The molecule has 0 saturated heterocycles. The van der Waals surface area contributed by atoms with Gasteiger partial charge in [-0.3, -0.25) is 0 Å². The monoisotopic (exact) mass is 271 g/mol. The largest absolute Gasteiger partial charge is 0.364 e. The van der Waals surface area contributed by atoms with E-state index in [2.05, 4.69) is 26.0 Å². The summed E-state index contributed by atoms with van der Waals surface area (Å²) in [6, 6.07) is 1.84. The van der Waals surface area contributed by atoms with Crippen LogP contribution in [0.3, 0.4) is 0 Å². The summed E-state index contributed by atoms with van der Waals surface area (Å²) in [4.78, 5) is 2.11. The van der Waals surface area contributed by atoms with Crippen LogP contribution >= 0.6 is 12.2 Å². The molecule has 0 aliphatic rings. The van der Waals surface area contributed by atoms with E-state index < -0.39 is 0 Å². The average molecular weight is 271 g/mol. The second-order valence-corrected chi connectivity index (χ2v) is 4.56. The second-order valence-electron chi connectivity index (χ2n) is 4.15. The van der Waals surface area contributed by atoms with E-state index in [0.29, 0.717) is 11.7 Å². The van der Waals surface area contributed by atoms with E-state index in [-0.39, 0.29) is 0 Å². The van der Waals surface area contributed by atoms with Gasteiger partial charge < -0.3 is 25.4 Å². The smallest absolute Gasteiger partial charge is 0.166 e. The first-order valence-corrected chi connectivity index (χ1v) is 6.35. The highest BCUT2D eigenvalue weighted by atomic mass is 32.1. The van der Waals surface area contributed by atoms with E-state index in [1.54, 1.807) is 6.26 Å². The quantitative estimate of drug-likeness (QED) is 0.446. The zero-order valence-electron chi connectivity index (χ0n) is 10.9. The van der Waals surface area contributed by atoms with Gasteiger partial charge in [0.05, 0.1) is 5.69 Å². The molecule has 0 aromatic carbocycles. The molecule has 0 spiro atoms. The van der Waals surface area contributed by atoms with E-state index in [1.165, 1.54) is 0 Å². The molecule has 1 heterocycles. The Morgan fingerprint density at radius 1 is 1.33 bits per heavy atom. The molecule has 0 radical (unpaired) electrons. The van der Waals surface area contributed by atoms with Crippen LogP contribution in [0.25, 0.3) is 0 Å². The summed E-state index contributed by atoms with van der Waals surface area (Å²) in [5.41, 5.74) is 0.904.